The van der Waals surface area contributed by atoms with Gasteiger partial charge >= 0.3 is 0 Å². The van der Waals surface area contributed by atoms with Crippen molar-refractivity contribution >= 4 is 21.7 Å². The molecule has 0 aliphatic rings. The molecule has 2 rings (SSSR count). The minimum atomic E-state index is -0.0557. The third-order valence-corrected chi connectivity index (χ3v) is 4.18. The monoisotopic (exact) mass is 347 g/mol. The van der Waals surface area contributed by atoms with Gasteiger partial charge in [-0.25, -0.2) is 9.97 Å². The molecule has 2 aromatic rings. The van der Waals surface area contributed by atoms with Gasteiger partial charge < -0.3 is 5.32 Å². The van der Waals surface area contributed by atoms with E-state index in [0.717, 1.165) is 27.4 Å². The lowest BCUT2D eigenvalue weighted by Crippen LogP contribution is -2.17. The number of benzene rings is 1. The van der Waals surface area contributed by atoms with Crippen LogP contribution in [0.1, 0.15) is 37.6 Å². The minimum Gasteiger partial charge on any atom is -0.372 e. The Balaban J connectivity index is 2.73. The third kappa shape index (κ3) is 3.26. The van der Waals surface area contributed by atoms with Crippen molar-refractivity contribution < 1.29 is 0 Å². The Morgan fingerprint density at radius 2 is 1.76 bits per heavy atom. The number of nitrogens with zero attached hydrogens (tertiary/aromatic N) is 2. The molecule has 0 radical (unpaired) electrons. The Morgan fingerprint density at radius 1 is 1.10 bits per heavy atom. The number of hydrogen-bond acceptors (Lipinski definition) is 3. The molecule has 0 spiro atoms. The second-order valence-corrected chi connectivity index (χ2v) is 7.17. The van der Waals surface area contributed by atoms with Gasteiger partial charge in [-0.2, -0.15) is 0 Å². The van der Waals surface area contributed by atoms with Gasteiger partial charge in [-0.1, -0.05) is 38.5 Å². The Hall–Kier alpha value is -1.42. The molecular weight excluding hydrogens is 326 g/mol. The van der Waals surface area contributed by atoms with Crippen LogP contribution in [0.5, 0.6) is 0 Å². The van der Waals surface area contributed by atoms with Gasteiger partial charge in [-0.3, -0.25) is 0 Å². The first-order chi connectivity index (χ1) is 9.74. The fourth-order valence-electron chi connectivity index (χ4n) is 2.21. The quantitative estimate of drug-likeness (QED) is 0.842. The van der Waals surface area contributed by atoms with Gasteiger partial charge in [0.1, 0.15) is 5.82 Å². The largest absolute Gasteiger partial charge is 0.372 e. The zero-order valence-corrected chi connectivity index (χ0v) is 15.1. The number of nitrogens with one attached hydrogen (secondary N) is 1. The Kier molecular flexibility index (Phi) is 4.38. The van der Waals surface area contributed by atoms with Crippen LogP contribution in [-0.4, -0.2) is 17.0 Å². The summed E-state index contributed by atoms with van der Waals surface area (Å²) >= 11 is 3.63. The van der Waals surface area contributed by atoms with Gasteiger partial charge in [0.25, 0.3) is 0 Å². The molecule has 4 heteroatoms. The summed E-state index contributed by atoms with van der Waals surface area (Å²) in [6.45, 7) is 10.7. The summed E-state index contributed by atoms with van der Waals surface area (Å²) < 4.78 is 0.937. The standard InChI is InChI=1S/C17H22BrN3/c1-10-7-8-11(2)12(9-10)15-20-14(17(3,4)5)13(18)16(19-6)21-15/h7-9H,1-6H3,(H,19,20,21). The number of anilines is 1. The first-order valence-electron chi connectivity index (χ1n) is 7.07. The fraction of sp³-hybridized carbons (Fsp3) is 0.412. The summed E-state index contributed by atoms with van der Waals surface area (Å²) in [6, 6.07) is 6.37. The SMILES string of the molecule is CNc1nc(-c2cc(C)ccc2C)nc(C(C)(C)C)c1Br. The smallest absolute Gasteiger partial charge is 0.162 e. The average Bonchev–Trinajstić information content (AvgIpc) is 2.40. The van der Waals surface area contributed by atoms with Crippen LogP contribution in [-0.2, 0) is 5.41 Å². The molecule has 0 bridgehead atoms. The zero-order valence-electron chi connectivity index (χ0n) is 13.5. The normalized spacial score (nSPS) is 11.6. The molecule has 0 unspecified atom stereocenters. The van der Waals surface area contributed by atoms with E-state index < -0.39 is 0 Å². The van der Waals surface area contributed by atoms with Crippen LogP contribution in [0.15, 0.2) is 22.7 Å². The lowest BCUT2D eigenvalue weighted by Gasteiger charge is -2.22. The van der Waals surface area contributed by atoms with Gasteiger partial charge in [0.2, 0.25) is 0 Å². The number of aromatic nitrogens is 2. The summed E-state index contributed by atoms with van der Waals surface area (Å²) in [5.41, 5.74) is 4.44. The molecule has 1 aromatic carbocycles. The molecule has 1 N–H and O–H groups in total. The van der Waals surface area contributed by atoms with Crippen molar-refractivity contribution in [1.82, 2.24) is 9.97 Å². The maximum atomic E-state index is 4.83. The number of halogens is 1. The summed E-state index contributed by atoms with van der Waals surface area (Å²) in [5.74, 6) is 1.60. The Labute approximate surface area is 135 Å². The maximum Gasteiger partial charge on any atom is 0.162 e. The molecule has 0 amide bonds. The van der Waals surface area contributed by atoms with Crippen LogP contribution >= 0.6 is 15.9 Å². The van der Waals surface area contributed by atoms with Crippen molar-refractivity contribution in [2.24, 2.45) is 0 Å². The van der Waals surface area contributed by atoms with Crippen molar-refractivity contribution in [3.05, 3.63) is 39.5 Å². The molecule has 0 saturated heterocycles. The van der Waals surface area contributed by atoms with Gasteiger partial charge in [0.05, 0.1) is 10.2 Å². The predicted molar refractivity (Wildman–Crippen MR) is 92.9 cm³/mol. The van der Waals surface area contributed by atoms with E-state index in [1.165, 1.54) is 11.1 Å². The second kappa shape index (κ2) is 5.76. The summed E-state index contributed by atoms with van der Waals surface area (Å²) in [5, 5.41) is 3.15. The van der Waals surface area contributed by atoms with Crippen molar-refractivity contribution in [3.8, 4) is 11.4 Å². The van der Waals surface area contributed by atoms with Crippen molar-refractivity contribution in [2.45, 2.75) is 40.0 Å². The van der Waals surface area contributed by atoms with E-state index >= 15 is 0 Å². The molecule has 0 aliphatic heterocycles. The maximum absolute atomic E-state index is 4.83. The summed E-state index contributed by atoms with van der Waals surface area (Å²) in [6.07, 6.45) is 0. The predicted octanol–water partition coefficient (Wildman–Crippen LogP) is 4.86. The number of hydrogen-bond donors (Lipinski definition) is 1. The van der Waals surface area contributed by atoms with Crippen LogP contribution in [0.4, 0.5) is 5.82 Å². The van der Waals surface area contributed by atoms with Gasteiger partial charge in [-0.15, -0.1) is 0 Å². The van der Waals surface area contributed by atoms with Crippen LogP contribution in [0, 0.1) is 13.8 Å². The molecule has 112 valence electrons. The molecule has 0 atom stereocenters. The van der Waals surface area contributed by atoms with Crippen LogP contribution in [0.2, 0.25) is 0 Å². The van der Waals surface area contributed by atoms with E-state index in [1.54, 1.807) is 0 Å². The molecule has 1 heterocycles. The number of aryl methyl sites for hydroxylation is 2. The van der Waals surface area contributed by atoms with Crippen LogP contribution in [0.3, 0.4) is 0 Å². The molecule has 0 saturated carbocycles. The Bertz CT molecular complexity index is 672. The van der Waals surface area contributed by atoms with E-state index in [4.69, 9.17) is 4.98 Å². The molecule has 3 nitrogen and oxygen atoms in total. The van der Waals surface area contributed by atoms with Gasteiger partial charge in [0.15, 0.2) is 5.82 Å². The highest BCUT2D eigenvalue weighted by Crippen LogP contribution is 2.34. The highest BCUT2D eigenvalue weighted by atomic mass is 79.9. The van der Waals surface area contributed by atoms with E-state index in [1.807, 2.05) is 7.05 Å². The van der Waals surface area contributed by atoms with Crippen LogP contribution in [0.25, 0.3) is 11.4 Å². The lowest BCUT2D eigenvalue weighted by molar-refractivity contribution is 0.564. The van der Waals surface area contributed by atoms with E-state index in [0.29, 0.717) is 0 Å². The third-order valence-electron chi connectivity index (χ3n) is 3.43. The van der Waals surface area contributed by atoms with Crippen molar-refractivity contribution in [1.29, 1.82) is 0 Å². The number of rotatable bonds is 2. The average molecular weight is 348 g/mol. The molecule has 0 fully saturated rings. The first-order valence-corrected chi connectivity index (χ1v) is 7.86. The van der Waals surface area contributed by atoms with E-state index in [-0.39, 0.29) is 5.41 Å². The zero-order chi connectivity index (χ0) is 15.8. The van der Waals surface area contributed by atoms with Gasteiger partial charge in [-0.05, 0) is 41.4 Å². The highest BCUT2D eigenvalue weighted by molar-refractivity contribution is 9.10. The van der Waals surface area contributed by atoms with Crippen molar-refractivity contribution in [2.75, 3.05) is 12.4 Å². The summed E-state index contributed by atoms with van der Waals surface area (Å²) in [7, 11) is 1.88. The van der Waals surface area contributed by atoms with E-state index in [2.05, 4.69) is 79.0 Å². The topological polar surface area (TPSA) is 37.8 Å². The molecule has 1 aromatic heterocycles. The summed E-state index contributed by atoms with van der Waals surface area (Å²) in [4.78, 5) is 9.49. The highest BCUT2D eigenvalue weighted by Gasteiger charge is 2.23. The second-order valence-electron chi connectivity index (χ2n) is 6.38. The molecule has 21 heavy (non-hydrogen) atoms. The van der Waals surface area contributed by atoms with E-state index in [9.17, 15) is 0 Å². The molecular formula is C17H22BrN3. The van der Waals surface area contributed by atoms with Gasteiger partial charge in [0, 0.05) is 18.0 Å². The van der Waals surface area contributed by atoms with Crippen LogP contribution < -0.4 is 5.32 Å². The minimum absolute atomic E-state index is 0.0557. The van der Waals surface area contributed by atoms with Crippen molar-refractivity contribution in [3.63, 3.8) is 0 Å². The fourth-order valence-corrected chi connectivity index (χ4v) is 3.18. The Morgan fingerprint density at radius 3 is 2.33 bits per heavy atom. The lowest BCUT2D eigenvalue weighted by atomic mass is 9.91. The molecule has 0 aliphatic carbocycles. The first kappa shape index (κ1) is 16.0.